The van der Waals surface area contributed by atoms with Gasteiger partial charge in [-0.3, -0.25) is 15.0 Å². The summed E-state index contributed by atoms with van der Waals surface area (Å²) >= 11 is 0. The lowest BCUT2D eigenvalue weighted by molar-refractivity contribution is 0.0939. The molecule has 0 aliphatic carbocycles. The van der Waals surface area contributed by atoms with Gasteiger partial charge in [0.05, 0.1) is 10.3 Å². The van der Waals surface area contributed by atoms with Crippen LogP contribution in [0.25, 0.3) is 21.5 Å². The van der Waals surface area contributed by atoms with E-state index in [2.05, 4.69) is 15.4 Å². The zero-order chi connectivity index (χ0) is 22.0. The molecule has 8 nitrogen and oxygen atoms in total. The number of carbonyl (C=O) groups is 1. The Labute approximate surface area is 178 Å². The topological polar surface area (TPSA) is 110 Å². The normalized spacial score (nSPS) is 11.6. The average molecular weight is 436 g/mol. The van der Waals surface area contributed by atoms with Crippen LogP contribution in [0.2, 0.25) is 0 Å². The number of nitrogens with zero attached hydrogens (tertiary/aromatic N) is 2. The quantitative estimate of drug-likeness (QED) is 0.452. The minimum absolute atomic E-state index is 0.0141. The van der Waals surface area contributed by atoms with Crippen LogP contribution < -0.4 is 15.8 Å². The van der Waals surface area contributed by atoms with Crippen LogP contribution in [0.5, 0.6) is 0 Å². The Balaban J connectivity index is 1.64. The van der Waals surface area contributed by atoms with Gasteiger partial charge in [0.25, 0.3) is 21.5 Å². The van der Waals surface area contributed by atoms with Gasteiger partial charge in [-0.2, -0.15) is 5.10 Å². The highest BCUT2D eigenvalue weighted by Crippen LogP contribution is 2.19. The van der Waals surface area contributed by atoms with E-state index in [0.29, 0.717) is 23.7 Å². The van der Waals surface area contributed by atoms with Crippen LogP contribution in [-0.4, -0.2) is 24.1 Å². The van der Waals surface area contributed by atoms with Crippen molar-refractivity contribution < 1.29 is 13.2 Å². The summed E-state index contributed by atoms with van der Waals surface area (Å²) in [5.74, 6) is -0.759. The molecule has 1 amide bonds. The van der Waals surface area contributed by atoms with E-state index in [1.165, 1.54) is 16.8 Å². The summed E-state index contributed by atoms with van der Waals surface area (Å²) in [6, 6.07) is 18.7. The summed E-state index contributed by atoms with van der Waals surface area (Å²) < 4.78 is 26.6. The molecule has 0 radical (unpaired) electrons. The van der Waals surface area contributed by atoms with Gasteiger partial charge < -0.3 is 0 Å². The molecule has 0 spiro atoms. The standard InChI is InChI=1S/C22H20N4O4S/c1-2-13-26-22(28)19-10-6-5-9-18(19)20(24-26)21(27)23-25-31(29,30)17-12-11-15-7-3-4-8-16(15)14-17/h3-12,14,25H,2,13H2,1H3,(H,23,27). The summed E-state index contributed by atoms with van der Waals surface area (Å²) in [6.45, 7) is 2.23. The highest BCUT2D eigenvalue weighted by Gasteiger charge is 2.20. The Hall–Kier alpha value is -3.56. The molecule has 0 saturated carbocycles. The molecule has 0 aliphatic heterocycles. The molecule has 1 heterocycles. The number of fused-ring (bicyclic) bond motifs is 2. The van der Waals surface area contributed by atoms with Crippen molar-refractivity contribution in [2.24, 2.45) is 0 Å². The van der Waals surface area contributed by atoms with E-state index >= 15 is 0 Å². The molecule has 2 N–H and O–H groups in total. The van der Waals surface area contributed by atoms with Gasteiger partial charge in [0.15, 0.2) is 5.69 Å². The second-order valence-electron chi connectivity index (χ2n) is 6.99. The fourth-order valence-electron chi connectivity index (χ4n) is 3.33. The highest BCUT2D eigenvalue weighted by molar-refractivity contribution is 7.89. The minimum atomic E-state index is -4.01. The molecular formula is C22H20N4O4S. The number of aryl methyl sites for hydroxylation is 1. The lowest BCUT2D eigenvalue weighted by atomic mass is 10.1. The van der Waals surface area contributed by atoms with Crippen molar-refractivity contribution in [3.63, 3.8) is 0 Å². The number of aromatic nitrogens is 2. The lowest BCUT2D eigenvalue weighted by Gasteiger charge is -2.12. The Kier molecular flexibility index (Phi) is 5.53. The molecule has 0 fully saturated rings. The van der Waals surface area contributed by atoms with Gasteiger partial charge in [-0.1, -0.05) is 55.5 Å². The van der Waals surface area contributed by atoms with E-state index in [0.717, 1.165) is 10.8 Å². The average Bonchev–Trinajstić information content (AvgIpc) is 2.79. The monoisotopic (exact) mass is 436 g/mol. The van der Waals surface area contributed by atoms with E-state index in [-0.39, 0.29) is 16.1 Å². The maximum atomic E-state index is 12.8. The summed E-state index contributed by atoms with van der Waals surface area (Å²) in [7, 11) is -4.01. The maximum Gasteiger partial charge on any atom is 0.287 e. The van der Waals surface area contributed by atoms with Crippen molar-refractivity contribution in [1.82, 2.24) is 20.0 Å². The Morgan fingerprint density at radius 1 is 0.968 bits per heavy atom. The van der Waals surface area contributed by atoms with Gasteiger partial charge in [-0.25, -0.2) is 13.1 Å². The molecular weight excluding hydrogens is 416 g/mol. The Bertz CT molecular complexity index is 1460. The summed E-state index contributed by atoms with van der Waals surface area (Å²) in [6.07, 6.45) is 0.654. The fraction of sp³-hybridized carbons (Fsp3) is 0.136. The number of nitrogens with one attached hydrogen (secondary N) is 2. The van der Waals surface area contributed by atoms with Crippen molar-refractivity contribution in [2.45, 2.75) is 24.8 Å². The van der Waals surface area contributed by atoms with Gasteiger partial charge >= 0.3 is 0 Å². The third kappa shape index (κ3) is 4.05. The van der Waals surface area contributed by atoms with Crippen LogP contribution in [0.4, 0.5) is 0 Å². The zero-order valence-corrected chi connectivity index (χ0v) is 17.5. The number of carbonyl (C=O) groups excluding carboxylic acids is 1. The SMILES string of the molecule is CCCn1nc(C(=O)NNS(=O)(=O)c2ccc3ccccc3c2)c2ccccc2c1=O. The molecule has 31 heavy (non-hydrogen) atoms. The summed E-state index contributed by atoms with van der Waals surface area (Å²) in [4.78, 5) is 27.5. The third-order valence-corrected chi connectivity index (χ3v) is 6.09. The smallest absolute Gasteiger partial charge is 0.272 e. The molecule has 4 aromatic rings. The van der Waals surface area contributed by atoms with Crippen LogP contribution in [0.15, 0.2) is 76.4 Å². The van der Waals surface area contributed by atoms with Crippen molar-refractivity contribution in [1.29, 1.82) is 0 Å². The molecule has 158 valence electrons. The van der Waals surface area contributed by atoms with Gasteiger partial charge in [0.2, 0.25) is 0 Å². The van der Waals surface area contributed by atoms with E-state index in [9.17, 15) is 18.0 Å². The summed E-state index contributed by atoms with van der Waals surface area (Å²) in [5, 5.41) is 6.51. The molecule has 9 heteroatoms. The number of hydrogen-bond acceptors (Lipinski definition) is 5. The molecule has 3 aromatic carbocycles. The number of hydrazine groups is 1. The first kappa shape index (κ1) is 20.7. The van der Waals surface area contributed by atoms with Gasteiger partial charge in [-0.05, 0) is 35.4 Å². The van der Waals surface area contributed by atoms with Crippen molar-refractivity contribution in [3.05, 3.63) is 82.8 Å². The first-order chi connectivity index (χ1) is 14.9. The number of rotatable bonds is 6. The molecule has 0 unspecified atom stereocenters. The molecule has 4 rings (SSSR count). The number of hydrogen-bond donors (Lipinski definition) is 2. The fourth-order valence-corrected chi connectivity index (χ4v) is 4.21. The van der Waals surface area contributed by atoms with Gasteiger partial charge in [0, 0.05) is 11.9 Å². The van der Waals surface area contributed by atoms with Crippen LogP contribution >= 0.6 is 0 Å². The van der Waals surface area contributed by atoms with E-state index in [1.54, 1.807) is 36.4 Å². The van der Waals surface area contributed by atoms with Gasteiger partial charge in [0.1, 0.15) is 0 Å². The van der Waals surface area contributed by atoms with Crippen molar-refractivity contribution in [2.75, 3.05) is 0 Å². The van der Waals surface area contributed by atoms with Crippen LogP contribution in [0.1, 0.15) is 23.8 Å². The second kappa shape index (κ2) is 8.29. The van der Waals surface area contributed by atoms with Crippen molar-refractivity contribution >= 4 is 37.5 Å². The lowest BCUT2D eigenvalue weighted by Crippen LogP contribution is -2.42. The highest BCUT2D eigenvalue weighted by atomic mass is 32.2. The molecule has 0 bridgehead atoms. The number of sulfonamides is 1. The van der Waals surface area contributed by atoms with E-state index in [1.807, 2.05) is 25.1 Å². The molecule has 0 atom stereocenters. The molecule has 1 aromatic heterocycles. The largest absolute Gasteiger partial charge is 0.287 e. The Morgan fingerprint density at radius 3 is 2.39 bits per heavy atom. The van der Waals surface area contributed by atoms with E-state index in [4.69, 9.17) is 0 Å². The number of benzene rings is 3. The zero-order valence-electron chi connectivity index (χ0n) is 16.7. The van der Waals surface area contributed by atoms with Crippen LogP contribution in [-0.2, 0) is 16.6 Å². The molecule has 0 aliphatic rings. The van der Waals surface area contributed by atoms with Crippen molar-refractivity contribution in [3.8, 4) is 0 Å². The first-order valence-electron chi connectivity index (χ1n) is 9.71. The second-order valence-corrected chi connectivity index (χ2v) is 8.67. The third-order valence-electron chi connectivity index (χ3n) is 4.85. The van der Waals surface area contributed by atoms with Gasteiger partial charge in [-0.15, -0.1) is 4.83 Å². The van der Waals surface area contributed by atoms with Crippen LogP contribution in [0, 0.1) is 0 Å². The predicted molar refractivity (Wildman–Crippen MR) is 118 cm³/mol. The maximum absolute atomic E-state index is 12.8. The molecule has 0 saturated heterocycles. The number of amides is 1. The first-order valence-corrected chi connectivity index (χ1v) is 11.2. The predicted octanol–water partition coefficient (Wildman–Crippen LogP) is 2.58. The minimum Gasteiger partial charge on any atom is -0.272 e. The Morgan fingerprint density at radius 2 is 1.65 bits per heavy atom. The van der Waals surface area contributed by atoms with Crippen LogP contribution in [0.3, 0.4) is 0 Å². The summed E-state index contributed by atoms with van der Waals surface area (Å²) in [5.41, 5.74) is 1.87. The van der Waals surface area contributed by atoms with E-state index < -0.39 is 15.9 Å².